The summed E-state index contributed by atoms with van der Waals surface area (Å²) in [6.45, 7) is 0. The Morgan fingerprint density at radius 1 is 0.444 bits per heavy atom. The molecule has 0 aliphatic carbocycles. The first-order valence-electron chi connectivity index (χ1n) is 4.40. The van der Waals surface area contributed by atoms with E-state index in [1.54, 1.807) is 0 Å². The summed E-state index contributed by atoms with van der Waals surface area (Å²) < 4.78 is 53.7. The highest BCUT2D eigenvalue weighted by atomic mass is 19.1. The lowest BCUT2D eigenvalue weighted by Crippen LogP contribution is -1.96. The molecular weight excluding hydrogens is 260 g/mol. The lowest BCUT2D eigenvalue weighted by atomic mass is 10.1. The zero-order valence-electron chi connectivity index (χ0n) is 8.30. The van der Waals surface area contributed by atoms with Crippen LogP contribution in [0.3, 0.4) is 0 Å². The Morgan fingerprint density at radius 2 is 0.611 bits per heavy atom. The maximum absolute atomic E-state index is 13.4. The van der Waals surface area contributed by atoms with Crippen LogP contribution in [0, 0.1) is 23.3 Å². The quantitative estimate of drug-likeness (QED) is 0.434. The molecule has 2 aromatic rings. The van der Waals surface area contributed by atoms with E-state index in [1.807, 2.05) is 0 Å². The molecule has 0 amide bonds. The Bertz CT molecular complexity index is 571. The summed E-state index contributed by atoms with van der Waals surface area (Å²) >= 11 is 0. The molecule has 2 aromatic carbocycles. The van der Waals surface area contributed by atoms with Crippen LogP contribution >= 0.6 is 0 Å². The van der Waals surface area contributed by atoms with Gasteiger partial charge in [0.05, 0.1) is 10.8 Å². The van der Waals surface area contributed by atoms with Crippen molar-refractivity contribution < 1.29 is 38.0 Å². The van der Waals surface area contributed by atoms with E-state index in [0.717, 1.165) is 0 Å². The van der Waals surface area contributed by atoms with Gasteiger partial charge in [0.25, 0.3) is 0 Å². The van der Waals surface area contributed by atoms with Crippen LogP contribution < -0.4 is 0 Å². The molecule has 4 nitrogen and oxygen atoms in total. The van der Waals surface area contributed by atoms with E-state index in [2.05, 4.69) is 0 Å². The molecule has 0 spiro atoms. The van der Waals surface area contributed by atoms with Gasteiger partial charge in [-0.1, -0.05) is 0 Å². The first kappa shape index (κ1) is 12.1. The number of aromatic hydroxyl groups is 4. The number of hydrogen-bond acceptors (Lipinski definition) is 4. The monoisotopic (exact) mass is 264 g/mol. The smallest absolute Gasteiger partial charge is 0.197 e. The van der Waals surface area contributed by atoms with Gasteiger partial charge in [0, 0.05) is 0 Å². The topological polar surface area (TPSA) is 80.9 Å². The van der Waals surface area contributed by atoms with Crippen molar-refractivity contribution in [3.05, 3.63) is 23.3 Å². The van der Waals surface area contributed by atoms with E-state index in [4.69, 9.17) is 20.4 Å². The van der Waals surface area contributed by atoms with Crippen LogP contribution in [-0.2, 0) is 0 Å². The molecule has 0 aliphatic heterocycles. The molecule has 18 heavy (non-hydrogen) atoms. The van der Waals surface area contributed by atoms with E-state index in [9.17, 15) is 17.6 Å². The van der Waals surface area contributed by atoms with Crippen LogP contribution in [0.1, 0.15) is 0 Å². The summed E-state index contributed by atoms with van der Waals surface area (Å²) in [6.07, 6.45) is 0. The molecule has 96 valence electrons. The molecule has 0 unspecified atom stereocenters. The lowest BCUT2D eigenvalue weighted by molar-refractivity contribution is 0.351. The van der Waals surface area contributed by atoms with Crippen LogP contribution in [-0.4, -0.2) is 20.4 Å². The summed E-state index contributed by atoms with van der Waals surface area (Å²) in [6, 6.07) is 0. The average Bonchev–Trinajstić information content (AvgIpc) is 2.35. The maximum Gasteiger partial charge on any atom is 0.197 e. The fourth-order valence-electron chi connectivity index (χ4n) is 1.52. The van der Waals surface area contributed by atoms with Crippen LogP contribution in [0.25, 0.3) is 10.8 Å². The summed E-state index contributed by atoms with van der Waals surface area (Å²) in [5, 5.41) is 33.0. The van der Waals surface area contributed by atoms with Crippen molar-refractivity contribution in [3.63, 3.8) is 0 Å². The average molecular weight is 264 g/mol. The Balaban J connectivity index is 3.22. The molecule has 0 saturated carbocycles. The first-order valence-corrected chi connectivity index (χ1v) is 4.40. The second-order valence-electron chi connectivity index (χ2n) is 3.40. The summed E-state index contributed by atoms with van der Waals surface area (Å²) in [4.78, 5) is 0. The Morgan fingerprint density at radius 3 is 0.778 bits per heavy atom. The van der Waals surface area contributed by atoms with Crippen molar-refractivity contribution in [1.29, 1.82) is 0 Å². The van der Waals surface area contributed by atoms with E-state index < -0.39 is 57.0 Å². The zero-order chi connectivity index (χ0) is 13.8. The van der Waals surface area contributed by atoms with Crippen LogP contribution in [0.2, 0.25) is 0 Å². The number of hydrogen-bond donors (Lipinski definition) is 4. The lowest BCUT2D eigenvalue weighted by Gasteiger charge is -2.10. The summed E-state index contributed by atoms with van der Waals surface area (Å²) in [7, 11) is 0. The molecule has 0 heterocycles. The van der Waals surface area contributed by atoms with Gasteiger partial charge in [0.15, 0.2) is 46.3 Å². The van der Waals surface area contributed by atoms with E-state index in [-0.39, 0.29) is 0 Å². The third-order valence-corrected chi connectivity index (χ3v) is 2.41. The number of phenols is 4. The molecule has 2 rings (SSSR count). The van der Waals surface area contributed by atoms with Crippen LogP contribution in [0.4, 0.5) is 17.6 Å². The number of phenolic OH excluding ortho intramolecular Hbond substituents is 4. The first-order chi connectivity index (χ1) is 8.29. The number of fused-ring (bicyclic) bond motifs is 1. The van der Waals surface area contributed by atoms with Gasteiger partial charge < -0.3 is 20.4 Å². The summed E-state index contributed by atoms with van der Waals surface area (Å²) in [5.74, 6) is -14.0. The zero-order valence-corrected chi connectivity index (χ0v) is 8.30. The standard InChI is InChI=1S/C10H4F4O4/c11-3-1-2(5(13)9(17)7(3)15)6(14)10(18)8(16)4(1)12/h15-18H. The van der Waals surface area contributed by atoms with Crippen molar-refractivity contribution in [2.75, 3.05) is 0 Å². The fraction of sp³-hybridized carbons (Fsp3) is 0. The van der Waals surface area contributed by atoms with Gasteiger partial charge in [-0.3, -0.25) is 0 Å². The molecule has 0 aromatic heterocycles. The van der Waals surface area contributed by atoms with E-state index >= 15 is 0 Å². The highest BCUT2D eigenvalue weighted by Crippen LogP contribution is 2.45. The van der Waals surface area contributed by atoms with Gasteiger partial charge in [-0.2, -0.15) is 0 Å². The van der Waals surface area contributed by atoms with Crippen LogP contribution in [0.15, 0.2) is 0 Å². The van der Waals surface area contributed by atoms with Gasteiger partial charge in [-0.05, 0) is 0 Å². The van der Waals surface area contributed by atoms with Gasteiger partial charge in [-0.15, -0.1) is 0 Å². The number of benzene rings is 2. The van der Waals surface area contributed by atoms with E-state index in [0.29, 0.717) is 0 Å². The van der Waals surface area contributed by atoms with Crippen molar-refractivity contribution in [2.45, 2.75) is 0 Å². The third-order valence-electron chi connectivity index (χ3n) is 2.41. The summed E-state index contributed by atoms with van der Waals surface area (Å²) in [5.41, 5.74) is 0. The normalized spacial score (nSPS) is 11.1. The maximum atomic E-state index is 13.4. The second kappa shape index (κ2) is 3.56. The van der Waals surface area contributed by atoms with Gasteiger partial charge >= 0.3 is 0 Å². The molecule has 0 radical (unpaired) electrons. The largest absolute Gasteiger partial charge is 0.502 e. The highest BCUT2D eigenvalue weighted by molar-refractivity contribution is 5.91. The van der Waals surface area contributed by atoms with Crippen molar-refractivity contribution >= 4 is 10.8 Å². The number of halogens is 4. The molecule has 0 saturated heterocycles. The van der Waals surface area contributed by atoms with Gasteiger partial charge in [0.2, 0.25) is 0 Å². The second-order valence-corrected chi connectivity index (χ2v) is 3.40. The molecule has 0 fully saturated rings. The minimum Gasteiger partial charge on any atom is -0.502 e. The molecule has 0 aliphatic rings. The minimum atomic E-state index is -1.87. The molecule has 8 heteroatoms. The minimum absolute atomic E-state index is 1.42. The molecule has 0 bridgehead atoms. The third kappa shape index (κ3) is 1.25. The highest BCUT2D eigenvalue weighted by Gasteiger charge is 2.29. The molecule has 4 N–H and O–H groups in total. The molecular formula is C10H4F4O4. The van der Waals surface area contributed by atoms with Crippen molar-refractivity contribution in [3.8, 4) is 23.0 Å². The van der Waals surface area contributed by atoms with Gasteiger partial charge in [0.1, 0.15) is 0 Å². The van der Waals surface area contributed by atoms with Crippen molar-refractivity contribution in [1.82, 2.24) is 0 Å². The Labute approximate surface area is 96.0 Å². The van der Waals surface area contributed by atoms with Crippen molar-refractivity contribution in [2.24, 2.45) is 0 Å². The van der Waals surface area contributed by atoms with Crippen LogP contribution in [0.5, 0.6) is 23.0 Å². The SMILES string of the molecule is Oc1c(O)c(F)c2c(F)c(O)c(O)c(F)c2c1F. The number of rotatable bonds is 0. The predicted octanol–water partition coefficient (Wildman–Crippen LogP) is 2.22. The van der Waals surface area contributed by atoms with Gasteiger partial charge in [-0.25, -0.2) is 17.6 Å². The van der Waals surface area contributed by atoms with E-state index in [1.165, 1.54) is 0 Å². The fourth-order valence-corrected chi connectivity index (χ4v) is 1.52. The Hall–Kier alpha value is -2.38. The Kier molecular flexibility index (Phi) is 2.39. The predicted molar refractivity (Wildman–Crippen MR) is 50.4 cm³/mol. The molecule has 0 atom stereocenters.